The van der Waals surface area contributed by atoms with Gasteiger partial charge in [0.15, 0.2) is 5.13 Å². The number of thiazole rings is 1. The van der Waals surface area contributed by atoms with Crippen LogP contribution in [0.5, 0.6) is 0 Å². The number of furan rings is 1. The smallest absolute Gasteiger partial charge is 0.257 e. The van der Waals surface area contributed by atoms with Gasteiger partial charge in [0.25, 0.3) is 5.91 Å². The number of aryl methyl sites for hydroxylation is 1. The molecule has 2 amide bonds. The van der Waals surface area contributed by atoms with E-state index in [1.54, 1.807) is 11.0 Å². The number of unbranched alkanes of at least 4 members (excludes halogenated alkanes) is 1. The van der Waals surface area contributed by atoms with Crippen molar-refractivity contribution in [2.75, 3.05) is 18.4 Å². The van der Waals surface area contributed by atoms with Crippen LogP contribution in [0, 0.1) is 5.92 Å². The van der Waals surface area contributed by atoms with Gasteiger partial charge in [0, 0.05) is 13.1 Å². The number of hydrogen-bond acceptors (Lipinski definition) is 5. The number of benzene rings is 1. The third-order valence-electron chi connectivity index (χ3n) is 5.35. The quantitative estimate of drug-likeness (QED) is 0.637. The Morgan fingerprint density at radius 3 is 3.03 bits per heavy atom. The van der Waals surface area contributed by atoms with Crippen molar-refractivity contribution in [1.29, 1.82) is 0 Å². The molecule has 1 unspecified atom stereocenters. The molecule has 7 heteroatoms. The van der Waals surface area contributed by atoms with Crippen molar-refractivity contribution in [2.45, 2.75) is 39.0 Å². The molecule has 3 heterocycles. The summed E-state index contributed by atoms with van der Waals surface area (Å²) in [7, 11) is 0. The number of piperidine rings is 1. The highest BCUT2D eigenvalue weighted by Crippen LogP contribution is 2.28. The number of hydrogen-bond donors (Lipinski definition) is 1. The van der Waals surface area contributed by atoms with Crippen molar-refractivity contribution in [3.8, 4) is 0 Å². The topological polar surface area (TPSA) is 75.4 Å². The van der Waals surface area contributed by atoms with Gasteiger partial charge >= 0.3 is 0 Å². The first-order chi connectivity index (χ1) is 14.1. The highest BCUT2D eigenvalue weighted by molar-refractivity contribution is 7.22. The Morgan fingerprint density at radius 2 is 2.24 bits per heavy atom. The molecule has 0 radical (unpaired) electrons. The molecule has 3 aromatic rings. The summed E-state index contributed by atoms with van der Waals surface area (Å²) in [4.78, 5) is 31.6. The number of amides is 2. The maximum absolute atomic E-state index is 12.8. The van der Waals surface area contributed by atoms with E-state index in [2.05, 4.69) is 29.4 Å². The lowest BCUT2D eigenvalue weighted by molar-refractivity contribution is -0.121. The Labute approximate surface area is 173 Å². The highest BCUT2D eigenvalue weighted by Gasteiger charge is 2.29. The predicted molar refractivity (Wildman–Crippen MR) is 114 cm³/mol. The number of nitrogens with zero attached hydrogens (tertiary/aromatic N) is 2. The van der Waals surface area contributed by atoms with Gasteiger partial charge < -0.3 is 14.6 Å². The van der Waals surface area contributed by atoms with E-state index in [1.807, 2.05) is 6.07 Å². The molecule has 1 aliphatic rings. The summed E-state index contributed by atoms with van der Waals surface area (Å²) in [6.45, 7) is 3.27. The molecular formula is C22H25N3O3S. The van der Waals surface area contributed by atoms with E-state index in [4.69, 9.17) is 4.42 Å². The molecular weight excluding hydrogens is 386 g/mol. The van der Waals surface area contributed by atoms with Crippen LogP contribution >= 0.6 is 11.3 Å². The molecule has 2 aromatic heterocycles. The second-order valence-corrected chi connectivity index (χ2v) is 8.55. The van der Waals surface area contributed by atoms with Gasteiger partial charge in [-0.05, 0) is 49.4 Å². The zero-order valence-electron chi connectivity index (χ0n) is 16.5. The molecule has 0 spiro atoms. The Bertz CT molecular complexity index is 996. The molecule has 4 rings (SSSR count). The normalized spacial score (nSPS) is 16.9. The van der Waals surface area contributed by atoms with Crippen molar-refractivity contribution in [2.24, 2.45) is 5.92 Å². The zero-order chi connectivity index (χ0) is 20.2. The monoisotopic (exact) mass is 411 g/mol. The lowest BCUT2D eigenvalue weighted by atomic mass is 9.97. The third-order valence-corrected chi connectivity index (χ3v) is 6.28. The number of fused-ring (bicyclic) bond motifs is 1. The molecule has 1 atom stereocenters. The van der Waals surface area contributed by atoms with Crippen LogP contribution < -0.4 is 5.32 Å². The SMILES string of the molecule is CCCCc1ccc2nc(NC(=O)C3CCCN(C(=O)c4ccoc4)C3)sc2c1. The number of carbonyl (C=O) groups is 2. The molecule has 1 fully saturated rings. The second kappa shape index (κ2) is 8.78. The van der Waals surface area contributed by atoms with Crippen LogP contribution in [-0.2, 0) is 11.2 Å². The Kier molecular flexibility index (Phi) is 5.94. The van der Waals surface area contributed by atoms with Crippen LogP contribution in [-0.4, -0.2) is 34.8 Å². The predicted octanol–water partition coefficient (Wildman–Crippen LogP) is 4.72. The van der Waals surface area contributed by atoms with E-state index in [0.717, 1.165) is 29.5 Å². The van der Waals surface area contributed by atoms with E-state index in [-0.39, 0.29) is 17.7 Å². The first-order valence-electron chi connectivity index (χ1n) is 10.2. The molecule has 29 heavy (non-hydrogen) atoms. The van der Waals surface area contributed by atoms with E-state index in [1.165, 1.54) is 42.3 Å². The maximum Gasteiger partial charge on any atom is 0.257 e. The summed E-state index contributed by atoms with van der Waals surface area (Å²) in [5.41, 5.74) is 2.74. The standard InChI is InChI=1S/C22H25N3O3S/c1-2-3-5-15-7-8-18-19(12-15)29-22(23-18)24-20(26)16-6-4-10-25(13-16)21(27)17-9-11-28-14-17/h7-9,11-12,14,16H,2-6,10,13H2,1H3,(H,23,24,26). The van der Waals surface area contributed by atoms with E-state index in [9.17, 15) is 9.59 Å². The minimum absolute atomic E-state index is 0.0695. The minimum atomic E-state index is -0.230. The van der Waals surface area contributed by atoms with E-state index in [0.29, 0.717) is 23.8 Å². The summed E-state index contributed by atoms with van der Waals surface area (Å²) in [6.07, 6.45) is 7.92. The lowest BCUT2D eigenvalue weighted by Crippen LogP contribution is -2.43. The molecule has 0 bridgehead atoms. The molecule has 1 aromatic carbocycles. The highest BCUT2D eigenvalue weighted by atomic mass is 32.1. The van der Waals surface area contributed by atoms with Gasteiger partial charge in [-0.3, -0.25) is 9.59 Å². The van der Waals surface area contributed by atoms with Crippen molar-refractivity contribution in [1.82, 2.24) is 9.88 Å². The Morgan fingerprint density at radius 1 is 1.34 bits per heavy atom. The van der Waals surface area contributed by atoms with Crippen molar-refractivity contribution < 1.29 is 14.0 Å². The molecule has 0 aliphatic carbocycles. The summed E-state index contributed by atoms with van der Waals surface area (Å²) in [5.74, 6) is -0.387. The Hall–Kier alpha value is -2.67. The van der Waals surface area contributed by atoms with Crippen LogP contribution in [0.15, 0.2) is 41.2 Å². The Balaban J connectivity index is 1.41. The summed E-state index contributed by atoms with van der Waals surface area (Å²) in [5, 5.41) is 3.59. The average molecular weight is 412 g/mol. The lowest BCUT2D eigenvalue weighted by Gasteiger charge is -2.31. The zero-order valence-corrected chi connectivity index (χ0v) is 17.3. The van der Waals surface area contributed by atoms with Crippen LogP contribution in [0.2, 0.25) is 0 Å². The molecule has 1 saturated heterocycles. The molecule has 1 N–H and O–H groups in total. The molecule has 6 nitrogen and oxygen atoms in total. The number of nitrogens with one attached hydrogen (secondary N) is 1. The fourth-order valence-corrected chi connectivity index (χ4v) is 4.64. The minimum Gasteiger partial charge on any atom is -0.472 e. The van der Waals surface area contributed by atoms with Gasteiger partial charge in [0.05, 0.1) is 28.0 Å². The van der Waals surface area contributed by atoms with Gasteiger partial charge in [-0.25, -0.2) is 4.98 Å². The van der Waals surface area contributed by atoms with Crippen molar-refractivity contribution >= 4 is 38.5 Å². The average Bonchev–Trinajstić information content (AvgIpc) is 3.41. The first-order valence-corrected chi connectivity index (χ1v) is 11.0. The van der Waals surface area contributed by atoms with Crippen LogP contribution in [0.25, 0.3) is 10.2 Å². The van der Waals surface area contributed by atoms with Gasteiger partial charge in [0.2, 0.25) is 5.91 Å². The van der Waals surface area contributed by atoms with Crippen LogP contribution in [0.1, 0.15) is 48.5 Å². The van der Waals surface area contributed by atoms with Gasteiger partial charge in [-0.1, -0.05) is 30.7 Å². The second-order valence-electron chi connectivity index (χ2n) is 7.52. The molecule has 0 saturated carbocycles. The number of aromatic nitrogens is 1. The summed E-state index contributed by atoms with van der Waals surface area (Å²) < 4.78 is 6.10. The number of rotatable bonds is 6. The van der Waals surface area contributed by atoms with Gasteiger partial charge in [-0.2, -0.15) is 0 Å². The third kappa shape index (κ3) is 4.50. The van der Waals surface area contributed by atoms with Gasteiger partial charge in [0.1, 0.15) is 6.26 Å². The summed E-state index contributed by atoms with van der Waals surface area (Å²) >= 11 is 1.51. The molecule has 152 valence electrons. The number of carbonyl (C=O) groups excluding carboxylic acids is 2. The van der Waals surface area contributed by atoms with Crippen molar-refractivity contribution in [3.05, 3.63) is 47.9 Å². The number of anilines is 1. The fourth-order valence-electron chi connectivity index (χ4n) is 3.71. The molecule has 1 aliphatic heterocycles. The van der Waals surface area contributed by atoms with E-state index < -0.39 is 0 Å². The first kappa shape index (κ1) is 19.6. The van der Waals surface area contributed by atoms with Crippen LogP contribution in [0.3, 0.4) is 0 Å². The van der Waals surface area contributed by atoms with Crippen LogP contribution in [0.4, 0.5) is 5.13 Å². The number of likely N-dealkylation sites (tertiary alicyclic amines) is 1. The maximum atomic E-state index is 12.8. The summed E-state index contributed by atoms with van der Waals surface area (Å²) in [6, 6.07) is 7.97. The van der Waals surface area contributed by atoms with E-state index >= 15 is 0 Å². The van der Waals surface area contributed by atoms with Crippen molar-refractivity contribution in [3.63, 3.8) is 0 Å². The fraction of sp³-hybridized carbons (Fsp3) is 0.409. The van der Waals surface area contributed by atoms with Gasteiger partial charge in [-0.15, -0.1) is 0 Å². The largest absolute Gasteiger partial charge is 0.472 e.